The van der Waals surface area contributed by atoms with Crippen molar-refractivity contribution in [3.63, 3.8) is 0 Å². The van der Waals surface area contributed by atoms with E-state index >= 15 is 0 Å². The van der Waals surface area contributed by atoms with Crippen LogP contribution in [0.2, 0.25) is 0 Å². The maximum absolute atomic E-state index is 5.69. The van der Waals surface area contributed by atoms with Gasteiger partial charge in [0, 0.05) is 24.8 Å². The maximum Gasteiger partial charge on any atom is 0.225 e. The Kier molecular flexibility index (Phi) is 4.13. The van der Waals surface area contributed by atoms with E-state index < -0.39 is 0 Å². The van der Waals surface area contributed by atoms with Crippen molar-refractivity contribution in [2.45, 2.75) is 12.8 Å². The summed E-state index contributed by atoms with van der Waals surface area (Å²) in [5.41, 5.74) is 7.80. The Morgan fingerprint density at radius 2 is 1.96 bits per heavy atom. The van der Waals surface area contributed by atoms with Crippen LogP contribution in [0.1, 0.15) is 12.8 Å². The summed E-state index contributed by atoms with van der Waals surface area (Å²) in [7, 11) is 0. The van der Waals surface area contributed by atoms with Gasteiger partial charge in [0.1, 0.15) is 0 Å². The number of nitrogens with two attached hydrogens (primary N) is 1. The van der Waals surface area contributed by atoms with Crippen molar-refractivity contribution in [1.29, 1.82) is 0 Å². The predicted octanol–water partition coefficient (Wildman–Crippen LogP) is 3.47. The quantitative estimate of drug-likeness (QED) is 0.800. The van der Waals surface area contributed by atoms with E-state index in [-0.39, 0.29) is 0 Å². The topological polar surface area (TPSA) is 55.0 Å². The van der Waals surface area contributed by atoms with E-state index in [2.05, 4.69) is 52.3 Å². The van der Waals surface area contributed by atoms with Crippen LogP contribution in [0.5, 0.6) is 0 Å². The van der Waals surface area contributed by atoms with Crippen LogP contribution in [0, 0.1) is 5.92 Å². The number of benzene rings is 2. The van der Waals surface area contributed by atoms with E-state index in [0.29, 0.717) is 5.92 Å². The van der Waals surface area contributed by atoms with Crippen LogP contribution in [0.4, 0.5) is 5.95 Å². The molecule has 1 aliphatic heterocycles. The smallest absolute Gasteiger partial charge is 0.225 e. The van der Waals surface area contributed by atoms with Gasteiger partial charge in [0.2, 0.25) is 5.95 Å². The summed E-state index contributed by atoms with van der Waals surface area (Å²) in [6.07, 6.45) is 4.13. The molecule has 1 fully saturated rings. The molecule has 122 valence electrons. The predicted molar refractivity (Wildman–Crippen MR) is 99.0 cm³/mol. The molecule has 1 atom stereocenters. The molecular formula is C20H22N4. The average Bonchev–Trinajstić information content (AvgIpc) is 3.10. The molecular weight excluding hydrogens is 296 g/mol. The molecule has 0 aliphatic carbocycles. The monoisotopic (exact) mass is 318 g/mol. The third kappa shape index (κ3) is 2.97. The molecule has 0 amide bonds. The molecule has 24 heavy (non-hydrogen) atoms. The minimum atomic E-state index is 0.669. The second-order valence-electron chi connectivity index (χ2n) is 6.48. The van der Waals surface area contributed by atoms with E-state index in [1.165, 1.54) is 17.2 Å². The van der Waals surface area contributed by atoms with Crippen LogP contribution in [-0.4, -0.2) is 29.6 Å². The van der Waals surface area contributed by atoms with Gasteiger partial charge in [0.15, 0.2) is 0 Å². The molecule has 1 unspecified atom stereocenters. The molecule has 4 heteroatoms. The van der Waals surface area contributed by atoms with Crippen molar-refractivity contribution in [3.05, 3.63) is 54.7 Å². The summed E-state index contributed by atoms with van der Waals surface area (Å²) < 4.78 is 0. The largest absolute Gasteiger partial charge is 0.341 e. The highest BCUT2D eigenvalue weighted by Crippen LogP contribution is 2.26. The lowest BCUT2D eigenvalue weighted by Gasteiger charge is -2.17. The van der Waals surface area contributed by atoms with Gasteiger partial charge >= 0.3 is 0 Å². The lowest BCUT2D eigenvalue weighted by atomic mass is 10.1. The number of aromatic nitrogens is 2. The molecule has 4 nitrogen and oxygen atoms in total. The second kappa shape index (κ2) is 6.57. The lowest BCUT2D eigenvalue weighted by Crippen LogP contribution is -2.22. The third-order valence-corrected chi connectivity index (χ3v) is 4.83. The van der Waals surface area contributed by atoms with E-state index in [1.807, 2.05) is 12.3 Å². The third-order valence-electron chi connectivity index (χ3n) is 4.83. The zero-order valence-electron chi connectivity index (χ0n) is 13.7. The van der Waals surface area contributed by atoms with Crippen LogP contribution in [0.3, 0.4) is 0 Å². The molecule has 0 radical (unpaired) electrons. The SMILES string of the molecule is NCCC1CCN(c2nccc(-c3ccc4ccccc4c3)n2)C1. The van der Waals surface area contributed by atoms with Crippen molar-refractivity contribution in [3.8, 4) is 11.3 Å². The zero-order valence-corrected chi connectivity index (χ0v) is 13.7. The average molecular weight is 318 g/mol. The summed E-state index contributed by atoms with van der Waals surface area (Å²) in [6, 6.07) is 16.9. The van der Waals surface area contributed by atoms with Crippen molar-refractivity contribution in [2.24, 2.45) is 11.7 Å². The summed E-state index contributed by atoms with van der Waals surface area (Å²) in [6.45, 7) is 2.79. The minimum absolute atomic E-state index is 0.669. The highest BCUT2D eigenvalue weighted by Gasteiger charge is 2.23. The van der Waals surface area contributed by atoms with Gasteiger partial charge in [-0.1, -0.05) is 36.4 Å². The molecule has 3 aromatic rings. The van der Waals surface area contributed by atoms with Crippen molar-refractivity contribution >= 4 is 16.7 Å². The Hall–Kier alpha value is -2.46. The van der Waals surface area contributed by atoms with Gasteiger partial charge in [0.25, 0.3) is 0 Å². The highest BCUT2D eigenvalue weighted by atomic mass is 15.3. The van der Waals surface area contributed by atoms with Gasteiger partial charge in [-0.2, -0.15) is 0 Å². The van der Waals surface area contributed by atoms with E-state index in [1.54, 1.807) is 0 Å². The van der Waals surface area contributed by atoms with Gasteiger partial charge in [-0.05, 0) is 48.2 Å². The Morgan fingerprint density at radius 1 is 1.08 bits per heavy atom. The molecule has 0 bridgehead atoms. The Labute approximate surface area is 142 Å². The molecule has 2 heterocycles. The number of nitrogens with zero attached hydrogens (tertiary/aromatic N) is 3. The van der Waals surface area contributed by atoms with Gasteiger partial charge in [-0.25, -0.2) is 9.97 Å². The summed E-state index contributed by atoms with van der Waals surface area (Å²) in [5, 5.41) is 2.49. The van der Waals surface area contributed by atoms with Crippen molar-refractivity contribution in [1.82, 2.24) is 9.97 Å². The lowest BCUT2D eigenvalue weighted by molar-refractivity contribution is 0.545. The van der Waals surface area contributed by atoms with Crippen LogP contribution >= 0.6 is 0 Å². The summed E-state index contributed by atoms with van der Waals surface area (Å²) >= 11 is 0. The van der Waals surface area contributed by atoms with Gasteiger partial charge < -0.3 is 10.6 Å². The van der Waals surface area contributed by atoms with Crippen molar-refractivity contribution < 1.29 is 0 Å². The normalized spacial score (nSPS) is 17.5. The zero-order chi connectivity index (χ0) is 16.4. The van der Waals surface area contributed by atoms with E-state index in [0.717, 1.165) is 43.3 Å². The van der Waals surface area contributed by atoms with Crippen LogP contribution < -0.4 is 10.6 Å². The standard InChI is InChI=1S/C20H22N4/c21-10-7-15-9-12-24(14-15)20-22-11-8-19(23-20)18-6-5-16-3-1-2-4-17(16)13-18/h1-6,8,11,13,15H,7,9-10,12,14,21H2. The molecule has 0 spiro atoms. The number of hydrogen-bond donors (Lipinski definition) is 1. The molecule has 1 saturated heterocycles. The number of hydrogen-bond acceptors (Lipinski definition) is 4. The first kappa shape index (κ1) is 15.1. The molecule has 2 N–H and O–H groups in total. The highest BCUT2D eigenvalue weighted by molar-refractivity contribution is 5.86. The van der Waals surface area contributed by atoms with Crippen LogP contribution in [0.25, 0.3) is 22.0 Å². The fourth-order valence-electron chi connectivity index (χ4n) is 3.50. The van der Waals surface area contributed by atoms with Crippen LogP contribution in [-0.2, 0) is 0 Å². The summed E-state index contributed by atoms with van der Waals surface area (Å²) in [5.74, 6) is 1.50. The number of anilines is 1. The fraction of sp³-hybridized carbons (Fsp3) is 0.300. The maximum atomic E-state index is 5.69. The number of rotatable bonds is 4. The first-order valence-corrected chi connectivity index (χ1v) is 8.61. The molecule has 0 saturated carbocycles. The first-order chi connectivity index (χ1) is 11.8. The van der Waals surface area contributed by atoms with Gasteiger partial charge in [-0.15, -0.1) is 0 Å². The van der Waals surface area contributed by atoms with E-state index in [9.17, 15) is 0 Å². The molecule has 1 aromatic heterocycles. The molecule has 4 rings (SSSR count). The summed E-state index contributed by atoms with van der Waals surface area (Å²) in [4.78, 5) is 11.6. The Bertz CT molecular complexity index is 846. The Morgan fingerprint density at radius 3 is 2.83 bits per heavy atom. The van der Waals surface area contributed by atoms with Crippen LogP contribution in [0.15, 0.2) is 54.7 Å². The molecule has 1 aliphatic rings. The Balaban J connectivity index is 1.62. The molecule has 2 aromatic carbocycles. The number of fused-ring (bicyclic) bond motifs is 1. The minimum Gasteiger partial charge on any atom is -0.341 e. The van der Waals surface area contributed by atoms with Gasteiger partial charge in [0.05, 0.1) is 5.69 Å². The van der Waals surface area contributed by atoms with E-state index in [4.69, 9.17) is 10.7 Å². The van der Waals surface area contributed by atoms with Gasteiger partial charge in [-0.3, -0.25) is 0 Å². The fourth-order valence-corrected chi connectivity index (χ4v) is 3.50. The first-order valence-electron chi connectivity index (χ1n) is 8.61. The van der Waals surface area contributed by atoms with Crippen molar-refractivity contribution in [2.75, 3.05) is 24.5 Å². The second-order valence-corrected chi connectivity index (χ2v) is 6.48.